The van der Waals surface area contributed by atoms with Crippen molar-refractivity contribution < 1.29 is 9.50 Å². The summed E-state index contributed by atoms with van der Waals surface area (Å²) in [6.45, 7) is 1.27. The molecular weight excluding hydrogens is 118 g/mol. The van der Waals surface area contributed by atoms with Gasteiger partial charge in [0.1, 0.15) is 0 Å². The quantitative estimate of drug-likeness (QED) is 0.486. The highest BCUT2D eigenvalue weighted by atomic mass is 16.5. The molecule has 0 saturated carbocycles. The van der Waals surface area contributed by atoms with Gasteiger partial charge in [-0.1, -0.05) is 0 Å². The average molecular weight is 130 g/mol. The molecule has 0 aromatic rings. The largest absolute Gasteiger partial charge is 0.381 e. The summed E-state index contributed by atoms with van der Waals surface area (Å²) >= 11 is 0. The van der Waals surface area contributed by atoms with Crippen LogP contribution in [0, 0.1) is 4.91 Å². The van der Waals surface area contributed by atoms with Crippen LogP contribution in [0.1, 0.15) is 12.8 Å². The molecule has 3 heteroatoms. The molecule has 1 heterocycles. The number of hydrogen-bond acceptors (Lipinski definition) is 2. The summed E-state index contributed by atoms with van der Waals surface area (Å²) in [5.74, 6) is 0. The maximum atomic E-state index is 10.6. The second kappa shape index (κ2) is 2.92. The van der Waals surface area contributed by atoms with Crippen LogP contribution in [0.15, 0.2) is 0 Å². The third kappa shape index (κ3) is 1.75. The number of piperidine rings is 1. The maximum Gasteiger partial charge on any atom is 0.194 e. The minimum Gasteiger partial charge on any atom is -0.381 e. The van der Waals surface area contributed by atoms with E-state index in [1.807, 2.05) is 0 Å². The fourth-order valence-electron chi connectivity index (χ4n) is 1.07. The third-order valence-electron chi connectivity index (χ3n) is 1.73. The molecule has 1 fully saturated rings. The van der Waals surface area contributed by atoms with Gasteiger partial charge in [0.05, 0.1) is 6.10 Å². The van der Waals surface area contributed by atoms with Crippen molar-refractivity contribution in [2.75, 3.05) is 20.2 Å². The highest BCUT2D eigenvalue weighted by molar-refractivity contribution is 4.59. The van der Waals surface area contributed by atoms with E-state index in [0.29, 0.717) is 19.2 Å². The van der Waals surface area contributed by atoms with Gasteiger partial charge < -0.3 is 4.74 Å². The molecule has 0 bridgehead atoms. The first-order valence-electron chi connectivity index (χ1n) is 3.28. The Morgan fingerprint density at radius 3 is 2.44 bits per heavy atom. The Labute approximate surface area is 54.6 Å². The van der Waals surface area contributed by atoms with Crippen molar-refractivity contribution in [3.8, 4) is 0 Å². The van der Waals surface area contributed by atoms with E-state index in [2.05, 4.69) is 0 Å². The summed E-state index contributed by atoms with van der Waals surface area (Å²) in [7, 11) is 1.70. The Morgan fingerprint density at radius 1 is 1.44 bits per heavy atom. The molecule has 0 amide bonds. The summed E-state index contributed by atoms with van der Waals surface area (Å²) < 4.78 is 6.17. The van der Waals surface area contributed by atoms with E-state index in [1.54, 1.807) is 7.11 Å². The topological polar surface area (TPSA) is 29.3 Å². The van der Waals surface area contributed by atoms with Crippen molar-refractivity contribution >= 4 is 0 Å². The Hall–Kier alpha value is -0.440. The van der Waals surface area contributed by atoms with E-state index < -0.39 is 0 Å². The molecule has 9 heavy (non-hydrogen) atoms. The molecule has 0 aliphatic carbocycles. The Morgan fingerprint density at radius 2 is 2.00 bits per heavy atom. The molecule has 1 rings (SSSR count). The van der Waals surface area contributed by atoms with Gasteiger partial charge in [0.2, 0.25) is 0 Å². The van der Waals surface area contributed by atoms with Gasteiger partial charge in [0.25, 0.3) is 0 Å². The van der Waals surface area contributed by atoms with Gasteiger partial charge in [-0.15, -0.1) is 0 Å². The molecular formula is C6H12NO2+. The van der Waals surface area contributed by atoms with E-state index in [1.165, 1.54) is 0 Å². The van der Waals surface area contributed by atoms with Crippen LogP contribution < -0.4 is 0 Å². The average Bonchev–Trinajstić information content (AvgIpc) is 1.90. The van der Waals surface area contributed by atoms with Crippen LogP contribution in [0.2, 0.25) is 0 Å². The van der Waals surface area contributed by atoms with Crippen LogP contribution in [0.25, 0.3) is 0 Å². The van der Waals surface area contributed by atoms with Gasteiger partial charge in [-0.2, -0.15) is 0 Å². The number of methoxy groups -OCH3 is 1. The SMILES string of the molecule is COC1CC[N+](=O)CC1. The predicted molar refractivity (Wildman–Crippen MR) is 33.4 cm³/mol. The summed E-state index contributed by atoms with van der Waals surface area (Å²) in [4.78, 5) is 10.6. The fraction of sp³-hybridized carbons (Fsp3) is 1.00. The highest BCUT2D eigenvalue weighted by Crippen LogP contribution is 2.08. The smallest absolute Gasteiger partial charge is 0.194 e. The van der Waals surface area contributed by atoms with Crippen molar-refractivity contribution in [1.82, 2.24) is 0 Å². The van der Waals surface area contributed by atoms with Crippen molar-refractivity contribution in [2.24, 2.45) is 0 Å². The standard InChI is InChI=1S/C6H12NO2/c1-9-6-2-4-7(8)5-3-6/h6H,2-5H2,1H3/q+1. The second-order valence-corrected chi connectivity index (χ2v) is 2.36. The maximum absolute atomic E-state index is 10.6. The minimum atomic E-state index is 0.329. The van der Waals surface area contributed by atoms with Crippen molar-refractivity contribution in [3.05, 3.63) is 4.91 Å². The Kier molecular flexibility index (Phi) is 2.16. The van der Waals surface area contributed by atoms with Gasteiger partial charge in [0, 0.05) is 24.9 Å². The lowest BCUT2D eigenvalue weighted by molar-refractivity contribution is -0.561. The molecule has 1 aliphatic rings. The van der Waals surface area contributed by atoms with Gasteiger partial charge in [0.15, 0.2) is 13.1 Å². The number of ether oxygens (including phenoxy) is 1. The molecule has 3 nitrogen and oxygen atoms in total. The first-order chi connectivity index (χ1) is 4.33. The van der Waals surface area contributed by atoms with E-state index >= 15 is 0 Å². The molecule has 0 spiro atoms. The molecule has 1 aliphatic heterocycles. The van der Waals surface area contributed by atoms with Crippen LogP contribution in [-0.4, -0.2) is 31.1 Å². The normalized spacial score (nSPS) is 22.6. The number of nitrogens with zero attached hydrogens (tertiary/aromatic N) is 1. The summed E-state index contributed by atoms with van der Waals surface area (Å²) in [6.07, 6.45) is 2.11. The second-order valence-electron chi connectivity index (χ2n) is 2.36. The van der Waals surface area contributed by atoms with Crippen molar-refractivity contribution in [3.63, 3.8) is 0 Å². The lowest BCUT2D eigenvalue weighted by Gasteiger charge is -2.14. The minimum absolute atomic E-state index is 0.329. The summed E-state index contributed by atoms with van der Waals surface area (Å²) in [5.41, 5.74) is 0. The van der Waals surface area contributed by atoms with Gasteiger partial charge >= 0.3 is 0 Å². The molecule has 0 aromatic heterocycles. The molecule has 1 saturated heterocycles. The number of nitroso groups, excluding NO2 is 1. The first kappa shape index (κ1) is 6.68. The molecule has 0 aromatic carbocycles. The number of rotatable bonds is 1. The molecule has 0 radical (unpaired) electrons. The lowest BCUT2D eigenvalue weighted by atomic mass is 10.1. The third-order valence-corrected chi connectivity index (χ3v) is 1.73. The monoisotopic (exact) mass is 130 g/mol. The summed E-state index contributed by atoms with van der Waals surface area (Å²) in [5, 5.41) is 0. The Balaban J connectivity index is 2.26. The number of hydrogen-bond donors (Lipinski definition) is 0. The first-order valence-corrected chi connectivity index (χ1v) is 3.28. The summed E-state index contributed by atoms with van der Waals surface area (Å²) in [6, 6.07) is 0. The van der Waals surface area contributed by atoms with Gasteiger partial charge in [-0.25, -0.2) is 0 Å². The zero-order valence-corrected chi connectivity index (χ0v) is 5.67. The van der Waals surface area contributed by atoms with E-state index in [-0.39, 0.29) is 0 Å². The van der Waals surface area contributed by atoms with Crippen molar-refractivity contribution in [1.29, 1.82) is 0 Å². The van der Waals surface area contributed by atoms with E-state index in [0.717, 1.165) is 17.6 Å². The van der Waals surface area contributed by atoms with Crippen LogP contribution in [0.3, 0.4) is 0 Å². The predicted octanol–water partition coefficient (Wildman–Crippen LogP) is 0.574. The zero-order valence-electron chi connectivity index (χ0n) is 5.67. The lowest BCUT2D eigenvalue weighted by Crippen LogP contribution is -2.28. The molecule has 0 atom stereocenters. The zero-order chi connectivity index (χ0) is 6.69. The molecule has 0 unspecified atom stereocenters. The van der Waals surface area contributed by atoms with Crippen LogP contribution in [-0.2, 0) is 4.74 Å². The molecule has 0 N–H and O–H groups in total. The van der Waals surface area contributed by atoms with E-state index in [9.17, 15) is 4.91 Å². The Bertz CT molecular complexity index is 104. The molecule has 52 valence electrons. The van der Waals surface area contributed by atoms with Crippen LogP contribution >= 0.6 is 0 Å². The van der Waals surface area contributed by atoms with Gasteiger partial charge in [-0.3, -0.25) is 0 Å². The van der Waals surface area contributed by atoms with Crippen LogP contribution in [0.4, 0.5) is 0 Å². The fourth-order valence-corrected chi connectivity index (χ4v) is 1.07. The van der Waals surface area contributed by atoms with E-state index in [4.69, 9.17) is 4.74 Å². The van der Waals surface area contributed by atoms with Crippen LogP contribution in [0.5, 0.6) is 0 Å². The van der Waals surface area contributed by atoms with Crippen molar-refractivity contribution in [2.45, 2.75) is 18.9 Å². The highest BCUT2D eigenvalue weighted by Gasteiger charge is 2.22. The van der Waals surface area contributed by atoms with Gasteiger partial charge in [-0.05, 0) is 4.76 Å².